The maximum Gasteiger partial charge on any atom is 0.255 e. The highest BCUT2D eigenvalue weighted by atomic mass is 16.5. The topological polar surface area (TPSA) is 103 Å². The Morgan fingerprint density at radius 3 is 2.57 bits per heavy atom. The number of amides is 1. The maximum atomic E-state index is 12.2. The van der Waals surface area contributed by atoms with Crippen LogP contribution in [0, 0.1) is 11.8 Å². The largest absolute Gasteiger partial charge is 0.497 e. The maximum absolute atomic E-state index is 12.2. The van der Waals surface area contributed by atoms with Crippen molar-refractivity contribution in [3.63, 3.8) is 0 Å². The van der Waals surface area contributed by atoms with Gasteiger partial charge in [0.25, 0.3) is 5.91 Å². The van der Waals surface area contributed by atoms with Gasteiger partial charge in [0.05, 0.1) is 20.3 Å². The molecule has 4 N–H and O–H groups in total. The van der Waals surface area contributed by atoms with Crippen molar-refractivity contribution in [1.29, 1.82) is 0 Å². The standard InChI is InChI=1S/C20H25N5O3/c1-4-23-20-18(19(21)26)17(24-25(20)14-7-8-22-12-14)6-5-13-9-15(27-2)11-16(10-13)28-3/h9-11,14,22-23H,4,7-8,12H2,1-3H3,(H2,21,26)/t14-/m0/s1. The van der Waals surface area contributed by atoms with Gasteiger partial charge in [0.15, 0.2) is 5.69 Å². The molecule has 1 aromatic heterocycles. The molecule has 0 spiro atoms. The first-order chi connectivity index (χ1) is 13.6. The number of ether oxygens (including phenoxy) is 2. The third-order valence-electron chi connectivity index (χ3n) is 4.56. The summed E-state index contributed by atoms with van der Waals surface area (Å²) in [5.41, 5.74) is 7.03. The fourth-order valence-corrected chi connectivity index (χ4v) is 3.22. The molecule has 0 unspecified atom stereocenters. The van der Waals surface area contributed by atoms with Crippen molar-refractivity contribution in [2.24, 2.45) is 5.73 Å². The Bertz CT molecular complexity index is 898. The van der Waals surface area contributed by atoms with Gasteiger partial charge in [-0.25, -0.2) is 4.68 Å². The molecule has 0 saturated carbocycles. The number of primary amides is 1. The van der Waals surface area contributed by atoms with Gasteiger partial charge in [-0.3, -0.25) is 4.79 Å². The van der Waals surface area contributed by atoms with Crippen LogP contribution >= 0.6 is 0 Å². The predicted octanol–water partition coefficient (Wildman–Crippen LogP) is 1.37. The lowest BCUT2D eigenvalue weighted by atomic mass is 10.1. The summed E-state index contributed by atoms with van der Waals surface area (Å²) in [6, 6.07) is 5.51. The van der Waals surface area contributed by atoms with Crippen LogP contribution in [0.1, 0.15) is 41.0 Å². The Morgan fingerprint density at radius 2 is 2.04 bits per heavy atom. The lowest BCUT2D eigenvalue weighted by Crippen LogP contribution is -2.19. The quantitative estimate of drug-likeness (QED) is 0.651. The molecular weight excluding hydrogens is 358 g/mol. The summed E-state index contributed by atoms with van der Waals surface area (Å²) in [7, 11) is 3.16. The lowest BCUT2D eigenvalue weighted by Gasteiger charge is -2.14. The molecule has 1 aliphatic heterocycles. The zero-order valence-corrected chi connectivity index (χ0v) is 16.3. The van der Waals surface area contributed by atoms with Gasteiger partial charge >= 0.3 is 0 Å². The lowest BCUT2D eigenvalue weighted by molar-refractivity contribution is 0.100. The molecule has 1 saturated heterocycles. The van der Waals surface area contributed by atoms with Crippen LogP contribution in [0.3, 0.4) is 0 Å². The summed E-state index contributed by atoms with van der Waals surface area (Å²) in [5, 5.41) is 11.1. The Labute approximate surface area is 164 Å². The van der Waals surface area contributed by atoms with E-state index in [-0.39, 0.29) is 6.04 Å². The second-order valence-corrected chi connectivity index (χ2v) is 6.41. The minimum Gasteiger partial charge on any atom is -0.497 e. The number of carbonyl (C=O) groups is 1. The predicted molar refractivity (Wildman–Crippen MR) is 107 cm³/mol. The minimum absolute atomic E-state index is 0.152. The molecule has 1 fully saturated rings. The molecule has 1 atom stereocenters. The van der Waals surface area contributed by atoms with Crippen LogP contribution in [0.15, 0.2) is 18.2 Å². The van der Waals surface area contributed by atoms with Crippen molar-refractivity contribution in [2.75, 3.05) is 39.2 Å². The summed E-state index contributed by atoms with van der Waals surface area (Å²) >= 11 is 0. The first-order valence-electron chi connectivity index (χ1n) is 9.19. The first kappa shape index (κ1) is 19.6. The van der Waals surface area contributed by atoms with Crippen LogP contribution in [-0.4, -0.2) is 49.5 Å². The number of nitrogens with zero attached hydrogens (tertiary/aromatic N) is 2. The van der Waals surface area contributed by atoms with Gasteiger partial charge in [-0.15, -0.1) is 0 Å². The van der Waals surface area contributed by atoms with E-state index in [9.17, 15) is 4.79 Å². The van der Waals surface area contributed by atoms with Gasteiger partial charge in [0.1, 0.15) is 22.9 Å². The molecule has 0 bridgehead atoms. The van der Waals surface area contributed by atoms with Crippen LogP contribution < -0.4 is 25.8 Å². The van der Waals surface area contributed by atoms with E-state index in [0.29, 0.717) is 40.7 Å². The fourth-order valence-electron chi connectivity index (χ4n) is 3.22. The Hall–Kier alpha value is -3.18. The number of methoxy groups -OCH3 is 2. The van der Waals surface area contributed by atoms with Gasteiger partial charge < -0.3 is 25.8 Å². The number of aromatic nitrogens is 2. The van der Waals surface area contributed by atoms with Crippen LogP contribution in [0.25, 0.3) is 0 Å². The van der Waals surface area contributed by atoms with E-state index in [1.807, 2.05) is 11.6 Å². The SMILES string of the molecule is CCNc1c(C(N)=O)c(C#Cc2cc(OC)cc(OC)c2)nn1[C@H]1CCNC1. The Morgan fingerprint density at radius 1 is 1.32 bits per heavy atom. The average molecular weight is 383 g/mol. The molecule has 2 heterocycles. The highest BCUT2D eigenvalue weighted by Gasteiger charge is 2.27. The third kappa shape index (κ3) is 4.05. The van der Waals surface area contributed by atoms with Gasteiger partial charge in [-0.05, 0) is 37.9 Å². The summed E-state index contributed by atoms with van der Waals surface area (Å²) in [4.78, 5) is 12.2. The van der Waals surface area contributed by atoms with Crippen LogP contribution in [0.5, 0.6) is 11.5 Å². The summed E-state index contributed by atoms with van der Waals surface area (Å²) in [5.74, 6) is 7.38. The number of hydrogen-bond acceptors (Lipinski definition) is 6. The Balaban J connectivity index is 2.06. The van der Waals surface area contributed by atoms with E-state index < -0.39 is 5.91 Å². The normalized spacial score (nSPS) is 15.6. The number of hydrogen-bond donors (Lipinski definition) is 3. The molecule has 2 aromatic rings. The average Bonchev–Trinajstić information content (AvgIpc) is 3.34. The van der Waals surface area contributed by atoms with Crippen molar-refractivity contribution in [3.05, 3.63) is 35.0 Å². The van der Waals surface area contributed by atoms with Gasteiger partial charge in [-0.1, -0.05) is 5.92 Å². The van der Waals surface area contributed by atoms with Gasteiger partial charge in [-0.2, -0.15) is 5.10 Å². The van der Waals surface area contributed by atoms with Crippen molar-refractivity contribution in [2.45, 2.75) is 19.4 Å². The van der Waals surface area contributed by atoms with Crippen molar-refractivity contribution in [1.82, 2.24) is 15.1 Å². The fraction of sp³-hybridized carbons (Fsp3) is 0.400. The third-order valence-corrected chi connectivity index (χ3v) is 4.56. The van der Waals surface area contributed by atoms with E-state index >= 15 is 0 Å². The molecule has 0 radical (unpaired) electrons. The summed E-state index contributed by atoms with van der Waals surface area (Å²) in [6.45, 7) is 4.31. The molecule has 1 aromatic carbocycles. The number of rotatable bonds is 6. The zero-order valence-electron chi connectivity index (χ0n) is 16.3. The van der Waals surface area contributed by atoms with E-state index in [0.717, 1.165) is 19.5 Å². The zero-order chi connectivity index (χ0) is 20.1. The second-order valence-electron chi connectivity index (χ2n) is 6.41. The van der Waals surface area contributed by atoms with Crippen LogP contribution in [-0.2, 0) is 0 Å². The molecule has 1 amide bonds. The second kappa shape index (κ2) is 8.67. The first-order valence-corrected chi connectivity index (χ1v) is 9.19. The number of carbonyl (C=O) groups excluding carboxylic acids is 1. The smallest absolute Gasteiger partial charge is 0.255 e. The molecule has 148 valence electrons. The Kier molecular flexibility index (Phi) is 6.06. The molecule has 3 rings (SSSR count). The highest BCUT2D eigenvalue weighted by molar-refractivity contribution is 6.00. The van der Waals surface area contributed by atoms with Gasteiger partial charge in [0, 0.05) is 24.7 Å². The van der Waals surface area contributed by atoms with E-state index in [4.69, 9.17) is 15.2 Å². The van der Waals surface area contributed by atoms with Gasteiger partial charge in [0.2, 0.25) is 0 Å². The van der Waals surface area contributed by atoms with Crippen molar-refractivity contribution in [3.8, 4) is 23.3 Å². The number of anilines is 1. The molecule has 8 nitrogen and oxygen atoms in total. The molecule has 28 heavy (non-hydrogen) atoms. The van der Waals surface area contributed by atoms with Crippen LogP contribution in [0.2, 0.25) is 0 Å². The number of nitrogens with two attached hydrogens (primary N) is 1. The van der Waals surface area contributed by atoms with Crippen molar-refractivity contribution >= 4 is 11.7 Å². The summed E-state index contributed by atoms with van der Waals surface area (Å²) < 4.78 is 12.4. The van der Waals surface area contributed by atoms with Crippen LogP contribution in [0.4, 0.5) is 5.82 Å². The molecule has 8 heteroatoms. The highest BCUT2D eigenvalue weighted by Crippen LogP contribution is 2.27. The monoisotopic (exact) mass is 383 g/mol. The number of nitrogens with one attached hydrogen (secondary N) is 2. The number of benzene rings is 1. The minimum atomic E-state index is -0.555. The molecule has 1 aliphatic rings. The molecular formula is C20H25N5O3. The summed E-state index contributed by atoms with van der Waals surface area (Å²) in [6.07, 6.45) is 0.929. The van der Waals surface area contributed by atoms with E-state index in [1.54, 1.807) is 32.4 Å². The van der Waals surface area contributed by atoms with Crippen molar-refractivity contribution < 1.29 is 14.3 Å². The van der Waals surface area contributed by atoms with E-state index in [2.05, 4.69) is 27.6 Å². The van der Waals surface area contributed by atoms with E-state index in [1.165, 1.54) is 0 Å². The molecule has 0 aliphatic carbocycles.